The summed E-state index contributed by atoms with van der Waals surface area (Å²) >= 11 is 1.52. The molecule has 116 valence electrons. The van der Waals surface area contributed by atoms with Gasteiger partial charge in [0, 0.05) is 17.0 Å². The highest BCUT2D eigenvalue weighted by Crippen LogP contribution is 2.25. The third-order valence-electron chi connectivity index (χ3n) is 3.98. The fourth-order valence-corrected chi connectivity index (χ4v) is 3.64. The van der Waals surface area contributed by atoms with Gasteiger partial charge in [-0.3, -0.25) is 4.79 Å². The SMILES string of the molecule is O=C(Cc1csc(-c2ccc(O)cc2)n1)NC1CCCCC1. The molecule has 1 aliphatic carbocycles. The monoisotopic (exact) mass is 316 g/mol. The van der Waals surface area contributed by atoms with Crippen LogP contribution in [0.5, 0.6) is 5.75 Å². The topological polar surface area (TPSA) is 62.2 Å². The second kappa shape index (κ2) is 6.92. The number of aromatic nitrogens is 1. The van der Waals surface area contributed by atoms with Gasteiger partial charge in [0.25, 0.3) is 0 Å². The van der Waals surface area contributed by atoms with Gasteiger partial charge >= 0.3 is 0 Å². The largest absolute Gasteiger partial charge is 0.508 e. The zero-order valence-electron chi connectivity index (χ0n) is 12.4. The van der Waals surface area contributed by atoms with Crippen molar-refractivity contribution in [3.63, 3.8) is 0 Å². The Hall–Kier alpha value is -1.88. The Kier molecular flexibility index (Phi) is 4.73. The number of phenolic OH excluding ortho intramolecular Hbond substituents is 1. The molecule has 1 saturated carbocycles. The van der Waals surface area contributed by atoms with Crippen molar-refractivity contribution in [2.24, 2.45) is 0 Å². The molecule has 5 heteroatoms. The van der Waals surface area contributed by atoms with E-state index in [1.54, 1.807) is 12.1 Å². The first-order chi connectivity index (χ1) is 10.7. The number of hydrogen-bond acceptors (Lipinski definition) is 4. The molecule has 0 bridgehead atoms. The fourth-order valence-electron chi connectivity index (χ4n) is 2.81. The first kappa shape index (κ1) is 15.0. The van der Waals surface area contributed by atoms with Gasteiger partial charge in [0.15, 0.2) is 0 Å². The summed E-state index contributed by atoms with van der Waals surface area (Å²) in [6.07, 6.45) is 6.25. The Balaban J connectivity index is 1.59. The minimum atomic E-state index is 0.0643. The molecule has 1 aromatic carbocycles. The molecule has 3 rings (SSSR count). The highest BCUT2D eigenvalue weighted by atomic mass is 32.1. The zero-order valence-corrected chi connectivity index (χ0v) is 13.2. The maximum absolute atomic E-state index is 12.1. The van der Waals surface area contributed by atoms with Crippen molar-refractivity contribution in [1.29, 1.82) is 0 Å². The second-order valence-corrected chi connectivity index (χ2v) is 6.63. The number of carbonyl (C=O) groups excluding carboxylic acids is 1. The third-order valence-corrected chi connectivity index (χ3v) is 4.92. The van der Waals surface area contributed by atoms with Gasteiger partial charge in [0.2, 0.25) is 5.91 Å². The van der Waals surface area contributed by atoms with Crippen LogP contribution >= 0.6 is 11.3 Å². The summed E-state index contributed by atoms with van der Waals surface area (Å²) < 4.78 is 0. The molecule has 2 aromatic rings. The molecule has 1 fully saturated rings. The van der Waals surface area contributed by atoms with Crippen molar-refractivity contribution >= 4 is 17.2 Å². The van der Waals surface area contributed by atoms with Crippen LogP contribution in [0.4, 0.5) is 0 Å². The Labute approximate surface area is 134 Å². The molecule has 1 aromatic heterocycles. The quantitative estimate of drug-likeness (QED) is 0.907. The number of phenols is 1. The number of hydrogen-bond donors (Lipinski definition) is 2. The van der Waals surface area contributed by atoms with Gasteiger partial charge < -0.3 is 10.4 Å². The fraction of sp³-hybridized carbons (Fsp3) is 0.412. The van der Waals surface area contributed by atoms with Gasteiger partial charge in [-0.25, -0.2) is 4.98 Å². The lowest BCUT2D eigenvalue weighted by Gasteiger charge is -2.22. The molecular weight excluding hydrogens is 296 g/mol. The molecule has 22 heavy (non-hydrogen) atoms. The highest BCUT2D eigenvalue weighted by molar-refractivity contribution is 7.13. The minimum Gasteiger partial charge on any atom is -0.508 e. The summed E-state index contributed by atoms with van der Waals surface area (Å²) in [7, 11) is 0. The van der Waals surface area contributed by atoms with Crippen LogP contribution in [0.1, 0.15) is 37.8 Å². The molecule has 0 unspecified atom stereocenters. The Morgan fingerprint density at radius 3 is 2.68 bits per heavy atom. The third kappa shape index (κ3) is 3.85. The van der Waals surface area contributed by atoms with E-state index >= 15 is 0 Å². The standard InChI is InChI=1S/C17H20N2O2S/c20-15-8-6-12(7-9-15)17-19-14(11-22-17)10-16(21)18-13-4-2-1-3-5-13/h6-9,11,13,20H,1-5,10H2,(H,18,21). The highest BCUT2D eigenvalue weighted by Gasteiger charge is 2.16. The Morgan fingerprint density at radius 1 is 1.23 bits per heavy atom. The summed E-state index contributed by atoms with van der Waals surface area (Å²) in [6, 6.07) is 7.30. The van der Waals surface area contributed by atoms with E-state index < -0.39 is 0 Å². The van der Waals surface area contributed by atoms with Gasteiger partial charge in [-0.1, -0.05) is 19.3 Å². The predicted octanol–water partition coefficient (Wildman–Crippen LogP) is 3.51. The molecule has 0 saturated heterocycles. The maximum Gasteiger partial charge on any atom is 0.226 e. The lowest BCUT2D eigenvalue weighted by atomic mass is 9.95. The molecule has 1 heterocycles. The van der Waals surface area contributed by atoms with Crippen molar-refractivity contribution in [3.05, 3.63) is 35.3 Å². The van der Waals surface area contributed by atoms with Crippen LogP contribution in [0.3, 0.4) is 0 Å². The van der Waals surface area contributed by atoms with Gasteiger partial charge in [-0.2, -0.15) is 0 Å². The van der Waals surface area contributed by atoms with Crippen LogP contribution in [0.15, 0.2) is 29.6 Å². The molecular formula is C17H20N2O2S. The number of rotatable bonds is 4. The molecule has 1 aliphatic rings. The molecule has 1 amide bonds. The molecule has 0 radical (unpaired) electrons. The zero-order chi connectivity index (χ0) is 15.4. The van der Waals surface area contributed by atoms with Gasteiger partial charge in [0.1, 0.15) is 10.8 Å². The van der Waals surface area contributed by atoms with Crippen molar-refractivity contribution < 1.29 is 9.90 Å². The normalized spacial score (nSPS) is 15.6. The Morgan fingerprint density at radius 2 is 1.95 bits per heavy atom. The molecule has 2 N–H and O–H groups in total. The van der Waals surface area contributed by atoms with E-state index in [0.717, 1.165) is 29.1 Å². The van der Waals surface area contributed by atoms with E-state index in [9.17, 15) is 9.90 Å². The van der Waals surface area contributed by atoms with Gasteiger partial charge in [-0.05, 0) is 37.1 Å². The average molecular weight is 316 g/mol. The van der Waals surface area contributed by atoms with E-state index in [0.29, 0.717) is 12.5 Å². The smallest absolute Gasteiger partial charge is 0.226 e. The van der Waals surface area contributed by atoms with E-state index in [1.165, 1.54) is 30.6 Å². The summed E-state index contributed by atoms with van der Waals surface area (Å²) in [4.78, 5) is 16.6. The molecule has 4 nitrogen and oxygen atoms in total. The minimum absolute atomic E-state index is 0.0643. The van der Waals surface area contributed by atoms with Gasteiger partial charge in [-0.15, -0.1) is 11.3 Å². The Bertz CT molecular complexity index is 630. The summed E-state index contributed by atoms with van der Waals surface area (Å²) in [6.45, 7) is 0. The lowest BCUT2D eigenvalue weighted by Crippen LogP contribution is -2.37. The predicted molar refractivity (Wildman–Crippen MR) is 87.9 cm³/mol. The van der Waals surface area contributed by atoms with Gasteiger partial charge in [0.05, 0.1) is 12.1 Å². The molecule has 0 atom stereocenters. The van der Waals surface area contributed by atoms with Crippen molar-refractivity contribution in [2.45, 2.75) is 44.6 Å². The van der Waals surface area contributed by atoms with Crippen molar-refractivity contribution in [1.82, 2.24) is 10.3 Å². The van der Waals surface area contributed by atoms with Crippen LogP contribution in [-0.4, -0.2) is 22.0 Å². The van der Waals surface area contributed by atoms with Crippen molar-refractivity contribution in [3.8, 4) is 16.3 Å². The average Bonchev–Trinajstić information content (AvgIpc) is 2.97. The number of amides is 1. The van der Waals surface area contributed by atoms with Crippen LogP contribution in [-0.2, 0) is 11.2 Å². The van der Waals surface area contributed by atoms with Crippen LogP contribution in [0.25, 0.3) is 10.6 Å². The number of benzene rings is 1. The second-order valence-electron chi connectivity index (χ2n) is 5.77. The lowest BCUT2D eigenvalue weighted by molar-refractivity contribution is -0.121. The number of nitrogens with zero attached hydrogens (tertiary/aromatic N) is 1. The van der Waals surface area contributed by atoms with E-state index in [2.05, 4.69) is 10.3 Å². The summed E-state index contributed by atoms with van der Waals surface area (Å²) in [5, 5.41) is 15.2. The van der Waals surface area contributed by atoms with E-state index in [4.69, 9.17) is 0 Å². The number of carbonyl (C=O) groups is 1. The van der Waals surface area contributed by atoms with E-state index in [1.807, 2.05) is 17.5 Å². The maximum atomic E-state index is 12.1. The van der Waals surface area contributed by atoms with E-state index in [-0.39, 0.29) is 11.7 Å². The number of thiazole rings is 1. The van der Waals surface area contributed by atoms with Crippen LogP contribution in [0.2, 0.25) is 0 Å². The first-order valence-electron chi connectivity index (χ1n) is 7.74. The molecule has 0 aliphatic heterocycles. The number of nitrogens with one attached hydrogen (secondary N) is 1. The molecule has 0 spiro atoms. The first-order valence-corrected chi connectivity index (χ1v) is 8.62. The summed E-state index contributed by atoms with van der Waals surface area (Å²) in [5.74, 6) is 0.307. The summed E-state index contributed by atoms with van der Waals surface area (Å²) in [5.41, 5.74) is 1.77. The van der Waals surface area contributed by atoms with Crippen LogP contribution < -0.4 is 5.32 Å². The number of aromatic hydroxyl groups is 1. The van der Waals surface area contributed by atoms with Crippen molar-refractivity contribution in [2.75, 3.05) is 0 Å². The van der Waals surface area contributed by atoms with Crippen LogP contribution in [0, 0.1) is 0 Å².